The molecule has 12 heteroatoms. The van der Waals surface area contributed by atoms with Crippen molar-refractivity contribution < 1.29 is 36.4 Å². The van der Waals surface area contributed by atoms with Crippen LogP contribution in [0.15, 0.2) is 24.5 Å². The Kier molecular flexibility index (Phi) is 7.22. The zero-order valence-electron chi connectivity index (χ0n) is 15.5. The zero-order chi connectivity index (χ0) is 21.7. The number of hydrogen-bond donors (Lipinski definition) is 1. The van der Waals surface area contributed by atoms with Crippen LogP contribution in [0.25, 0.3) is 0 Å². The number of aromatic nitrogens is 1. The highest BCUT2D eigenvalue weighted by Gasteiger charge is 2.26. The summed E-state index contributed by atoms with van der Waals surface area (Å²) >= 11 is 10.8. The molecule has 0 unspecified atom stereocenters. The molecule has 8 nitrogen and oxygen atoms in total. The van der Waals surface area contributed by atoms with Gasteiger partial charge in [0.15, 0.2) is 23.0 Å². The van der Waals surface area contributed by atoms with Gasteiger partial charge in [-0.15, -0.1) is 0 Å². The van der Waals surface area contributed by atoms with E-state index in [4.69, 9.17) is 33.2 Å². The number of ether oxygens (including phenoxy) is 3. The molecule has 162 valence electrons. The molecule has 0 aliphatic heterocycles. The number of hydrogen-bond acceptors (Lipinski definition) is 7. The molecule has 1 saturated carbocycles. The maximum Gasteiger partial charge on any atom is 0.387 e. The van der Waals surface area contributed by atoms with Crippen LogP contribution in [-0.4, -0.2) is 31.2 Å². The second kappa shape index (κ2) is 9.86. The lowest BCUT2D eigenvalue weighted by atomic mass is 10.1. The zero-order valence-corrected chi connectivity index (χ0v) is 17.0. The molecule has 3 rings (SSSR count). The molecule has 1 N–H and O–H groups in total. The molecule has 1 aromatic carbocycles. The highest BCUT2D eigenvalue weighted by Crippen LogP contribution is 2.40. The Bertz CT molecular complexity index is 892. The van der Waals surface area contributed by atoms with E-state index < -0.39 is 12.5 Å². The molecular weight excluding hydrogens is 449 g/mol. The topological polar surface area (TPSA) is 88.1 Å². The summed E-state index contributed by atoms with van der Waals surface area (Å²) in [6.45, 7) is -2.77. The van der Waals surface area contributed by atoms with E-state index in [1.54, 1.807) is 0 Å². The van der Waals surface area contributed by atoms with E-state index in [2.05, 4.69) is 23.6 Å². The Morgan fingerprint density at radius 3 is 2.33 bits per heavy atom. The maximum absolute atomic E-state index is 12.9. The van der Waals surface area contributed by atoms with Gasteiger partial charge in [0.2, 0.25) is 0 Å². The molecule has 1 aliphatic carbocycles. The molecule has 0 bridgehead atoms. The highest BCUT2D eigenvalue weighted by molar-refractivity contribution is 6.13. The molecule has 0 spiro atoms. The van der Waals surface area contributed by atoms with Crippen LogP contribution in [0, 0.1) is 5.92 Å². The van der Waals surface area contributed by atoms with E-state index in [1.807, 2.05) is 0 Å². The van der Waals surface area contributed by atoms with Crippen LogP contribution in [0.2, 0.25) is 0 Å². The smallest absolute Gasteiger partial charge is 0.387 e. The molecule has 1 amide bonds. The number of alkyl halides is 2. The molecule has 0 radical (unpaired) electrons. The standard InChI is InChI=1S/C18H16Cl2F2N2O6/c1-26-11-5-13(28-18(21)22)12(27-8-9-2-3-9)4-10(11)17(25)24-16-14(29-19)6-23-7-15(16)30-20/h4-7,9,18H,2-3,8H2,1H3,(H,23,24,25). The molecule has 30 heavy (non-hydrogen) atoms. The van der Waals surface area contributed by atoms with Gasteiger partial charge in [-0.2, -0.15) is 8.78 Å². The van der Waals surface area contributed by atoms with Gasteiger partial charge in [0.25, 0.3) is 5.91 Å². The Hall–Kier alpha value is -2.72. The van der Waals surface area contributed by atoms with Crippen molar-refractivity contribution in [1.29, 1.82) is 0 Å². The Labute approximate surface area is 180 Å². The summed E-state index contributed by atoms with van der Waals surface area (Å²) in [5, 5.41) is 2.51. The first kappa shape index (κ1) is 22.0. The Morgan fingerprint density at radius 2 is 1.80 bits per heavy atom. The van der Waals surface area contributed by atoms with Crippen molar-refractivity contribution in [2.45, 2.75) is 19.5 Å². The number of halogens is 4. The van der Waals surface area contributed by atoms with Crippen LogP contribution in [-0.2, 0) is 0 Å². The fourth-order valence-electron chi connectivity index (χ4n) is 2.52. The Morgan fingerprint density at radius 1 is 1.13 bits per heavy atom. The maximum atomic E-state index is 12.9. The van der Waals surface area contributed by atoms with Gasteiger partial charge in [0, 0.05) is 12.1 Å². The predicted octanol–water partition coefficient (Wildman–Crippen LogP) is 4.80. The average Bonchev–Trinajstić information content (AvgIpc) is 3.56. The van der Waals surface area contributed by atoms with Gasteiger partial charge in [0.05, 0.1) is 31.7 Å². The number of rotatable bonds is 10. The first-order valence-corrected chi connectivity index (χ1v) is 9.24. The first-order valence-electron chi connectivity index (χ1n) is 8.63. The number of benzene rings is 1. The second-order valence-corrected chi connectivity index (χ2v) is 6.56. The normalized spacial score (nSPS) is 13.0. The summed E-state index contributed by atoms with van der Waals surface area (Å²) in [5.74, 6) is -0.744. The Balaban J connectivity index is 1.95. The number of pyridine rings is 1. The minimum absolute atomic E-state index is 0.00425. The molecule has 1 fully saturated rings. The highest BCUT2D eigenvalue weighted by atomic mass is 35.5. The van der Waals surface area contributed by atoms with Gasteiger partial charge in [-0.3, -0.25) is 9.78 Å². The van der Waals surface area contributed by atoms with Gasteiger partial charge in [-0.25, -0.2) is 0 Å². The third-order valence-corrected chi connectivity index (χ3v) is 4.51. The monoisotopic (exact) mass is 464 g/mol. The van der Waals surface area contributed by atoms with E-state index in [1.165, 1.54) is 25.6 Å². The quantitative estimate of drug-likeness (QED) is 0.540. The number of nitrogens with one attached hydrogen (secondary N) is 1. The second-order valence-electron chi connectivity index (χ2n) is 6.25. The van der Waals surface area contributed by atoms with Crippen molar-refractivity contribution in [2.75, 3.05) is 19.0 Å². The van der Waals surface area contributed by atoms with Gasteiger partial charge >= 0.3 is 6.61 Å². The summed E-state index contributed by atoms with van der Waals surface area (Å²) in [4.78, 5) is 16.7. The van der Waals surface area contributed by atoms with Crippen LogP contribution in [0.4, 0.5) is 14.5 Å². The fourth-order valence-corrected chi connectivity index (χ4v) is 2.76. The van der Waals surface area contributed by atoms with E-state index in [0.29, 0.717) is 12.5 Å². The van der Waals surface area contributed by atoms with Crippen LogP contribution in [0.3, 0.4) is 0 Å². The summed E-state index contributed by atoms with van der Waals surface area (Å²) in [5.41, 5.74) is -0.0295. The van der Waals surface area contributed by atoms with Gasteiger partial charge in [-0.1, -0.05) is 0 Å². The summed E-state index contributed by atoms with van der Waals surface area (Å²) in [7, 11) is 1.27. The van der Waals surface area contributed by atoms with Crippen LogP contribution in [0.5, 0.6) is 28.7 Å². The summed E-state index contributed by atoms with van der Waals surface area (Å²) in [6, 6.07) is 2.39. The van der Waals surface area contributed by atoms with E-state index in [9.17, 15) is 13.6 Å². The lowest BCUT2D eigenvalue weighted by Gasteiger charge is -2.17. The van der Waals surface area contributed by atoms with Gasteiger partial charge in [0.1, 0.15) is 35.2 Å². The van der Waals surface area contributed by atoms with Crippen LogP contribution < -0.4 is 28.1 Å². The number of anilines is 1. The largest absolute Gasteiger partial charge is 0.496 e. The molecule has 1 aromatic heterocycles. The molecule has 0 atom stereocenters. The number of carbonyl (C=O) groups excluding carboxylic acids is 1. The van der Waals surface area contributed by atoms with Crippen molar-refractivity contribution in [3.63, 3.8) is 0 Å². The number of carbonyl (C=O) groups is 1. The molecular formula is C18H16Cl2F2N2O6. The molecule has 0 saturated heterocycles. The number of nitrogens with zero attached hydrogens (tertiary/aromatic N) is 1. The van der Waals surface area contributed by atoms with Crippen molar-refractivity contribution in [3.8, 4) is 28.7 Å². The van der Waals surface area contributed by atoms with Crippen molar-refractivity contribution in [2.24, 2.45) is 5.92 Å². The first-order chi connectivity index (χ1) is 14.5. The summed E-state index contributed by atoms with van der Waals surface area (Å²) in [6.07, 6.45) is 4.42. The van der Waals surface area contributed by atoms with E-state index in [-0.39, 0.29) is 40.0 Å². The number of amides is 1. The van der Waals surface area contributed by atoms with Crippen LogP contribution >= 0.6 is 23.7 Å². The van der Waals surface area contributed by atoms with E-state index >= 15 is 0 Å². The number of methoxy groups -OCH3 is 1. The average molecular weight is 465 g/mol. The fraction of sp³-hybridized carbons (Fsp3) is 0.333. The SMILES string of the molecule is COc1cc(OC(F)F)c(OCC2CC2)cc1C(=O)Nc1c(OCl)cncc1OCl. The lowest BCUT2D eigenvalue weighted by Crippen LogP contribution is -2.15. The minimum Gasteiger partial charge on any atom is -0.496 e. The molecule has 1 aliphatic rings. The van der Waals surface area contributed by atoms with Crippen LogP contribution in [0.1, 0.15) is 23.2 Å². The summed E-state index contributed by atoms with van der Waals surface area (Å²) < 4.78 is 50.2. The van der Waals surface area contributed by atoms with Gasteiger partial charge in [-0.05, 0) is 18.8 Å². The molecule has 2 aromatic rings. The third-order valence-electron chi connectivity index (χ3n) is 4.18. The third kappa shape index (κ3) is 5.25. The van der Waals surface area contributed by atoms with Crippen molar-refractivity contribution in [3.05, 3.63) is 30.1 Å². The predicted molar refractivity (Wildman–Crippen MR) is 103 cm³/mol. The van der Waals surface area contributed by atoms with E-state index in [0.717, 1.165) is 18.9 Å². The molecule has 1 heterocycles. The lowest BCUT2D eigenvalue weighted by molar-refractivity contribution is -0.0516. The van der Waals surface area contributed by atoms with Crippen molar-refractivity contribution in [1.82, 2.24) is 4.98 Å². The van der Waals surface area contributed by atoms with Crippen molar-refractivity contribution >= 4 is 35.3 Å². The van der Waals surface area contributed by atoms with Gasteiger partial charge < -0.3 is 28.1 Å². The minimum atomic E-state index is -3.08.